The molecule has 7 nitrogen and oxygen atoms in total. The van der Waals surface area contributed by atoms with Crippen molar-refractivity contribution in [1.29, 1.82) is 0 Å². The summed E-state index contributed by atoms with van der Waals surface area (Å²) >= 11 is 0. The summed E-state index contributed by atoms with van der Waals surface area (Å²) in [5.74, 6) is 1.21. The number of nitrogens with zero attached hydrogens (tertiary/aromatic N) is 3. The van der Waals surface area contributed by atoms with E-state index in [-0.39, 0.29) is 11.9 Å². The molecular weight excluding hydrogens is 354 g/mol. The molecule has 0 saturated heterocycles. The fourth-order valence-electron chi connectivity index (χ4n) is 2.90. The first kappa shape index (κ1) is 19.8. The number of ether oxygens (including phenoxy) is 1. The third kappa shape index (κ3) is 4.85. The standard InChI is InChI=1S/C21H27N5O2/c1-13(2)15-12-22-17-16(15)24-19(26-20(27)28-21(3,4)5)25-18(17)23-11-14-9-7-6-8-10-14/h6-10,12-13,15H,11H2,1-5H3,(H2,23,24,25,26,27). The van der Waals surface area contributed by atoms with E-state index in [4.69, 9.17) is 4.74 Å². The fourth-order valence-corrected chi connectivity index (χ4v) is 2.90. The van der Waals surface area contributed by atoms with E-state index in [1.54, 1.807) is 0 Å². The Balaban J connectivity index is 1.87. The van der Waals surface area contributed by atoms with Crippen LogP contribution in [0.2, 0.25) is 0 Å². The minimum absolute atomic E-state index is 0.0782. The summed E-state index contributed by atoms with van der Waals surface area (Å²) in [6, 6.07) is 10.0. The predicted molar refractivity (Wildman–Crippen MR) is 111 cm³/mol. The van der Waals surface area contributed by atoms with Crippen molar-refractivity contribution >= 4 is 29.8 Å². The van der Waals surface area contributed by atoms with Crippen LogP contribution in [0.3, 0.4) is 0 Å². The fraction of sp³-hybridized carbons (Fsp3) is 0.429. The maximum absolute atomic E-state index is 12.2. The van der Waals surface area contributed by atoms with Crippen LogP contribution in [0.25, 0.3) is 0 Å². The maximum Gasteiger partial charge on any atom is 0.414 e. The Hall–Kier alpha value is -2.96. The zero-order chi connectivity index (χ0) is 20.3. The highest BCUT2D eigenvalue weighted by Gasteiger charge is 2.28. The number of aliphatic imine (C=N–C) groups is 1. The summed E-state index contributed by atoms with van der Waals surface area (Å²) in [5.41, 5.74) is 2.06. The van der Waals surface area contributed by atoms with E-state index >= 15 is 0 Å². The molecule has 1 aromatic carbocycles. The van der Waals surface area contributed by atoms with E-state index in [0.29, 0.717) is 18.3 Å². The molecule has 1 amide bonds. The normalized spacial score (nSPS) is 15.4. The second-order valence-electron chi connectivity index (χ2n) is 8.14. The molecule has 2 aromatic rings. The van der Waals surface area contributed by atoms with Crippen molar-refractivity contribution in [2.45, 2.75) is 52.7 Å². The van der Waals surface area contributed by atoms with Gasteiger partial charge in [-0.1, -0.05) is 44.2 Å². The number of anilines is 2. The van der Waals surface area contributed by atoms with E-state index in [1.165, 1.54) is 0 Å². The molecule has 1 aliphatic rings. The zero-order valence-corrected chi connectivity index (χ0v) is 17.0. The van der Waals surface area contributed by atoms with Gasteiger partial charge in [0, 0.05) is 18.7 Å². The van der Waals surface area contributed by atoms with E-state index in [9.17, 15) is 4.79 Å². The summed E-state index contributed by atoms with van der Waals surface area (Å²) in [6.45, 7) is 10.3. The molecule has 1 unspecified atom stereocenters. The molecule has 0 bridgehead atoms. The van der Waals surface area contributed by atoms with E-state index < -0.39 is 11.7 Å². The van der Waals surface area contributed by atoms with E-state index in [1.807, 2.05) is 57.3 Å². The van der Waals surface area contributed by atoms with Gasteiger partial charge in [-0.2, -0.15) is 4.98 Å². The average molecular weight is 381 g/mol. The van der Waals surface area contributed by atoms with Crippen LogP contribution in [-0.4, -0.2) is 27.9 Å². The van der Waals surface area contributed by atoms with Crippen LogP contribution in [0.4, 0.5) is 22.2 Å². The van der Waals surface area contributed by atoms with Gasteiger partial charge in [0.1, 0.15) is 11.3 Å². The largest absolute Gasteiger partial charge is 0.444 e. The van der Waals surface area contributed by atoms with Gasteiger partial charge < -0.3 is 10.1 Å². The average Bonchev–Trinajstić information content (AvgIpc) is 3.03. The summed E-state index contributed by atoms with van der Waals surface area (Å²) in [7, 11) is 0. The van der Waals surface area contributed by atoms with Gasteiger partial charge in [0.2, 0.25) is 5.95 Å². The van der Waals surface area contributed by atoms with Gasteiger partial charge in [-0.15, -0.1) is 0 Å². The molecule has 1 aromatic heterocycles. The summed E-state index contributed by atoms with van der Waals surface area (Å²) < 4.78 is 5.32. The first-order valence-corrected chi connectivity index (χ1v) is 9.47. The molecule has 0 radical (unpaired) electrons. The summed E-state index contributed by atoms with van der Waals surface area (Å²) in [4.78, 5) is 25.7. The number of aromatic nitrogens is 2. The van der Waals surface area contributed by atoms with Crippen molar-refractivity contribution < 1.29 is 9.53 Å². The number of amides is 1. The van der Waals surface area contributed by atoms with Crippen LogP contribution in [0.1, 0.15) is 51.8 Å². The lowest BCUT2D eigenvalue weighted by atomic mass is 9.94. The van der Waals surface area contributed by atoms with Gasteiger partial charge in [0.15, 0.2) is 5.82 Å². The first-order valence-electron chi connectivity index (χ1n) is 9.47. The van der Waals surface area contributed by atoms with E-state index in [2.05, 4.69) is 39.4 Å². The summed E-state index contributed by atoms with van der Waals surface area (Å²) in [5, 5.41) is 5.97. The Morgan fingerprint density at radius 2 is 1.89 bits per heavy atom. The van der Waals surface area contributed by atoms with Crippen LogP contribution in [0, 0.1) is 5.92 Å². The predicted octanol–water partition coefficient (Wildman–Crippen LogP) is 4.89. The highest BCUT2D eigenvalue weighted by molar-refractivity contribution is 5.87. The molecule has 2 N–H and O–H groups in total. The molecule has 2 heterocycles. The molecule has 3 rings (SSSR count). The van der Waals surface area contributed by atoms with Crippen LogP contribution >= 0.6 is 0 Å². The van der Waals surface area contributed by atoms with Crippen molar-refractivity contribution in [3.63, 3.8) is 0 Å². The molecule has 1 atom stereocenters. The van der Waals surface area contributed by atoms with Crippen molar-refractivity contribution in [3.05, 3.63) is 41.6 Å². The van der Waals surface area contributed by atoms with Crippen LogP contribution in [0.15, 0.2) is 35.3 Å². The molecule has 0 aliphatic carbocycles. The smallest absolute Gasteiger partial charge is 0.414 e. The van der Waals surface area contributed by atoms with Gasteiger partial charge in [-0.25, -0.2) is 9.78 Å². The maximum atomic E-state index is 12.2. The van der Waals surface area contributed by atoms with Crippen molar-refractivity contribution in [3.8, 4) is 0 Å². The monoisotopic (exact) mass is 381 g/mol. The molecule has 28 heavy (non-hydrogen) atoms. The van der Waals surface area contributed by atoms with E-state index in [0.717, 1.165) is 16.9 Å². The number of fused-ring (bicyclic) bond motifs is 1. The zero-order valence-electron chi connectivity index (χ0n) is 17.0. The van der Waals surface area contributed by atoms with Crippen LogP contribution in [-0.2, 0) is 11.3 Å². The Bertz CT molecular complexity index is 872. The lowest BCUT2D eigenvalue weighted by Crippen LogP contribution is -2.28. The topological polar surface area (TPSA) is 88.5 Å². The van der Waals surface area contributed by atoms with Gasteiger partial charge >= 0.3 is 6.09 Å². The molecule has 0 fully saturated rings. The SMILES string of the molecule is CC(C)C1C=Nc2c(NCc3ccccc3)nc(NC(=O)OC(C)(C)C)nc21. The van der Waals surface area contributed by atoms with Crippen molar-refractivity contribution in [2.75, 3.05) is 10.6 Å². The van der Waals surface area contributed by atoms with Crippen LogP contribution in [0.5, 0.6) is 0 Å². The molecule has 148 valence electrons. The molecule has 0 spiro atoms. The molecular formula is C21H27N5O2. The third-order valence-electron chi connectivity index (χ3n) is 4.22. The van der Waals surface area contributed by atoms with Gasteiger partial charge in [-0.3, -0.25) is 10.3 Å². The minimum Gasteiger partial charge on any atom is -0.444 e. The number of carbonyl (C=O) groups is 1. The lowest BCUT2D eigenvalue weighted by Gasteiger charge is -2.20. The van der Waals surface area contributed by atoms with Crippen molar-refractivity contribution in [2.24, 2.45) is 10.9 Å². The van der Waals surface area contributed by atoms with Gasteiger partial charge in [-0.05, 0) is 32.3 Å². The highest BCUT2D eigenvalue weighted by Crippen LogP contribution is 2.40. The third-order valence-corrected chi connectivity index (χ3v) is 4.22. The quantitative estimate of drug-likeness (QED) is 0.770. The van der Waals surface area contributed by atoms with Gasteiger partial charge in [0.05, 0.1) is 5.69 Å². The number of rotatable bonds is 5. The molecule has 0 saturated carbocycles. The first-order chi connectivity index (χ1) is 13.2. The number of benzene rings is 1. The van der Waals surface area contributed by atoms with Crippen molar-refractivity contribution in [1.82, 2.24) is 9.97 Å². The number of hydrogen-bond donors (Lipinski definition) is 2. The Morgan fingerprint density at radius 1 is 1.18 bits per heavy atom. The Labute approximate surface area is 165 Å². The lowest BCUT2D eigenvalue weighted by molar-refractivity contribution is 0.0634. The minimum atomic E-state index is -0.598. The Kier molecular flexibility index (Phi) is 5.63. The second kappa shape index (κ2) is 7.96. The number of hydrogen-bond acceptors (Lipinski definition) is 6. The van der Waals surface area contributed by atoms with Crippen LogP contribution < -0.4 is 10.6 Å². The highest BCUT2D eigenvalue weighted by atomic mass is 16.6. The second-order valence-corrected chi connectivity index (χ2v) is 8.14. The number of nitrogens with one attached hydrogen (secondary N) is 2. The number of carbonyl (C=O) groups excluding carboxylic acids is 1. The Morgan fingerprint density at radius 3 is 2.54 bits per heavy atom. The van der Waals surface area contributed by atoms with Gasteiger partial charge in [0.25, 0.3) is 0 Å². The molecule has 7 heteroatoms. The summed E-state index contributed by atoms with van der Waals surface area (Å²) in [6.07, 6.45) is 1.32. The molecule has 1 aliphatic heterocycles.